The van der Waals surface area contributed by atoms with Crippen molar-refractivity contribution in [1.29, 1.82) is 0 Å². The molecule has 102 valence electrons. The summed E-state index contributed by atoms with van der Waals surface area (Å²) < 4.78 is 0. The van der Waals surface area contributed by atoms with E-state index in [1.807, 2.05) is 13.8 Å². The van der Waals surface area contributed by atoms with E-state index in [9.17, 15) is 9.59 Å². The van der Waals surface area contributed by atoms with Crippen LogP contribution in [0.1, 0.15) is 34.1 Å². The highest BCUT2D eigenvalue weighted by atomic mass is 16.4. The van der Waals surface area contributed by atoms with Gasteiger partial charge in [-0.25, -0.2) is 0 Å². The molecule has 0 aliphatic heterocycles. The zero-order valence-corrected chi connectivity index (χ0v) is 11.9. The second-order valence-electron chi connectivity index (χ2n) is 5.97. The van der Waals surface area contributed by atoms with Crippen LogP contribution in [-0.4, -0.2) is 35.5 Å². The lowest BCUT2D eigenvalue weighted by molar-refractivity contribution is -0.138. The van der Waals surface area contributed by atoms with Crippen molar-refractivity contribution in [2.24, 2.45) is 17.3 Å². The fourth-order valence-electron chi connectivity index (χ4n) is 2.43. The number of allylic oxidation sites excluding steroid dienone is 2. The van der Waals surface area contributed by atoms with Crippen molar-refractivity contribution in [3.63, 3.8) is 0 Å². The molecule has 0 aromatic carbocycles. The van der Waals surface area contributed by atoms with E-state index in [-0.39, 0.29) is 36.1 Å². The summed E-state index contributed by atoms with van der Waals surface area (Å²) in [4.78, 5) is 24.3. The minimum absolute atomic E-state index is 0.00268. The van der Waals surface area contributed by atoms with E-state index in [1.165, 1.54) is 5.57 Å². The van der Waals surface area contributed by atoms with E-state index in [0.717, 1.165) is 0 Å². The normalized spacial score (nSPS) is 24.3. The van der Waals surface area contributed by atoms with E-state index in [4.69, 9.17) is 5.11 Å². The molecule has 1 rings (SSSR count). The maximum absolute atomic E-state index is 12.2. The van der Waals surface area contributed by atoms with Crippen molar-refractivity contribution in [2.75, 3.05) is 13.6 Å². The summed E-state index contributed by atoms with van der Waals surface area (Å²) in [6, 6.07) is 0. The number of carbonyl (C=O) groups is 2. The van der Waals surface area contributed by atoms with Crippen molar-refractivity contribution in [3.8, 4) is 0 Å². The molecule has 1 N–H and O–H groups in total. The fraction of sp³-hybridized carbons (Fsp3) is 0.714. The quantitative estimate of drug-likeness (QED) is 0.764. The van der Waals surface area contributed by atoms with E-state index in [1.54, 1.807) is 11.9 Å². The summed E-state index contributed by atoms with van der Waals surface area (Å²) in [7, 11) is 1.68. The Hall–Kier alpha value is -1.32. The molecule has 0 radical (unpaired) electrons. The van der Waals surface area contributed by atoms with Gasteiger partial charge in [0.05, 0.1) is 12.3 Å². The van der Waals surface area contributed by atoms with Gasteiger partial charge in [0, 0.05) is 13.6 Å². The Bertz CT molecular complexity index is 381. The summed E-state index contributed by atoms with van der Waals surface area (Å²) in [6.07, 6.45) is 2.15. The zero-order valence-electron chi connectivity index (χ0n) is 11.9. The number of aliphatic carboxylic acids is 1. The van der Waals surface area contributed by atoms with Crippen molar-refractivity contribution in [3.05, 3.63) is 11.6 Å². The summed E-state index contributed by atoms with van der Waals surface area (Å²) in [5.41, 5.74) is 1.21. The van der Waals surface area contributed by atoms with Gasteiger partial charge >= 0.3 is 5.97 Å². The summed E-state index contributed by atoms with van der Waals surface area (Å²) >= 11 is 0. The maximum atomic E-state index is 12.2. The van der Waals surface area contributed by atoms with Crippen LogP contribution in [0, 0.1) is 17.3 Å². The SMILES string of the molecule is CC(C)=CC1C(C(=O)N(C)CCC(=O)O)C1(C)C. The van der Waals surface area contributed by atoms with E-state index in [0.29, 0.717) is 0 Å². The molecule has 18 heavy (non-hydrogen) atoms. The van der Waals surface area contributed by atoms with Crippen LogP contribution in [0.25, 0.3) is 0 Å². The Kier molecular flexibility index (Phi) is 4.20. The second kappa shape index (κ2) is 5.12. The fourth-order valence-corrected chi connectivity index (χ4v) is 2.43. The topological polar surface area (TPSA) is 57.6 Å². The molecule has 1 aliphatic rings. The molecular weight excluding hydrogens is 230 g/mol. The first-order valence-corrected chi connectivity index (χ1v) is 6.29. The van der Waals surface area contributed by atoms with Crippen LogP contribution in [0.2, 0.25) is 0 Å². The number of hydrogen-bond acceptors (Lipinski definition) is 2. The first kappa shape index (κ1) is 14.7. The number of carbonyl (C=O) groups excluding carboxylic acids is 1. The number of carboxylic acid groups (broad SMARTS) is 1. The van der Waals surface area contributed by atoms with Gasteiger partial charge in [-0.2, -0.15) is 0 Å². The lowest BCUT2D eigenvalue weighted by Gasteiger charge is -2.16. The van der Waals surface area contributed by atoms with Crippen LogP contribution in [0.5, 0.6) is 0 Å². The molecule has 2 unspecified atom stereocenters. The van der Waals surface area contributed by atoms with Crippen LogP contribution in [0.4, 0.5) is 0 Å². The first-order chi connectivity index (χ1) is 8.17. The Labute approximate surface area is 109 Å². The Balaban J connectivity index is 2.63. The first-order valence-electron chi connectivity index (χ1n) is 6.29. The maximum Gasteiger partial charge on any atom is 0.305 e. The van der Waals surface area contributed by atoms with Crippen LogP contribution >= 0.6 is 0 Å². The number of hydrogen-bond donors (Lipinski definition) is 1. The molecule has 4 nitrogen and oxygen atoms in total. The van der Waals surface area contributed by atoms with Gasteiger partial charge in [0.25, 0.3) is 0 Å². The number of carboxylic acids is 1. The van der Waals surface area contributed by atoms with Gasteiger partial charge in [-0.05, 0) is 25.2 Å². The Morgan fingerprint density at radius 2 is 1.89 bits per heavy atom. The molecule has 1 saturated carbocycles. The van der Waals surface area contributed by atoms with Crippen molar-refractivity contribution in [2.45, 2.75) is 34.1 Å². The predicted octanol–water partition coefficient (Wildman–Crippen LogP) is 2.16. The lowest BCUT2D eigenvalue weighted by Crippen LogP contribution is -2.31. The molecule has 2 atom stereocenters. The van der Waals surface area contributed by atoms with Gasteiger partial charge in [-0.3, -0.25) is 9.59 Å². The molecule has 0 aromatic rings. The molecular formula is C14H23NO3. The van der Waals surface area contributed by atoms with Crippen LogP contribution in [-0.2, 0) is 9.59 Å². The highest BCUT2D eigenvalue weighted by Gasteiger charge is 2.60. The largest absolute Gasteiger partial charge is 0.481 e. The predicted molar refractivity (Wildman–Crippen MR) is 70.1 cm³/mol. The summed E-state index contributed by atoms with van der Waals surface area (Å²) in [5.74, 6) is -0.539. The van der Waals surface area contributed by atoms with Crippen LogP contribution < -0.4 is 0 Å². The van der Waals surface area contributed by atoms with Crippen molar-refractivity contribution >= 4 is 11.9 Å². The molecule has 1 amide bonds. The minimum Gasteiger partial charge on any atom is -0.481 e. The molecule has 0 bridgehead atoms. The standard InChI is InChI=1S/C14H23NO3/c1-9(2)8-10-12(14(10,3)4)13(18)15(5)7-6-11(16)17/h8,10,12H,6-7H2,1-5H3,(H,16,17). The van der Waals surface area contributed by atoms with Crippen LogP contribution in [0.3, 0.4) is 0 Å². The van der Waals surface area contributed by atoms with Gasteiger partial charge in [0.1, 0.15) is 0 Å². The van der Waals surface area contributed by atoms with Crippen molar-refractivity contribution < 1.29 is 14.7 Å². The number of amides is 1. The van der Waals surface area contributed by atoms with Gasteiger partial charge in [0.2, 0.25) is 5.91 Å². The minimum atomic E-state index is -0.870. The molecule has 0 spiro atoms. The lowest BCUT2D eigenvalue weighted by atomic mass is 10.1. The molecule has 4 heteroatoms. The summed E-state index contributed by atoms with van der Waals surface area (Å²) in [6.45, 7) is 8.52. The zero-order chi connectivity index (χ0) is 14.1. The second-order valence-corrected chi connectivity index (χ2v) is 5.97. The van der Waals surface area contributed by atoms with Crippen molar-refractivity contribution in [1.82, 2.24) is 4.90 Å². The molecule has 1 aliphatic carbocycles. The van der Waals surface area contributed by atoms with E-state index in [2.05, 4.69) is 19.9 Å². The highest BCUT2D eigenvalue weighted by molar-refractivity contribution is 5.84. The van der Waals surface area contributed by atoms with Gasteiger partial charge in [-0.1, -0.05) is 25.5 Å². The number of nitrogens with zero attached hydrogens (tertiary/aromatic N) is 1. The third-order valence-corrected chi connectivity index (χ3v) is 3.73. The third kappa shape index (κ3) is 3.12. The van der Waals surface area contributed by atoms with E-state index >= 15 is 0 Å². The average Bonchev–Trinajstić information content (AvgIpc) is 2.74. The Morgan fingerprint density at radius 1 is 1.33 bits per heavy atom. The van der Waals surface area contributed by atoms with Gasteiger partial charge in [-0.15, -0.1) is 0 Å². The van der Waals surface area contributed by atoms with Crippen LogP contribution in [0.15, 0.2) is 11.6 Å². The third-order valence-electron chi connectivity index (χ3n) is 3.73. The average molecular weight is 253 g/mol. The molecule has 0 heterocycles. The smallest absolute Gasteiger partial charge is 0.305 e. The molecule has 0 saturated heterocycles. The summed E-state index contributed by atoms with van der Waals surface area (Å²) in [5, 5.41) is 8.62. The van der Waals surface area contributed by atoms with Gasteiger partial charge in [0.15, 0.2) is 0 Å². The Morgan fingerprint density at radius 3 is 2.33 bits per heavy atom. The number of rotatable bonds is 5. The molecule has 0 aromatic heterocycles. The van der Waals surface area contributed by atoms with E-state index < -0.39 is 5.97 Å². The van der Waals surface area contributed by atoms with Gasteiger partial charge < -0.3 is 10.0 Å². The molecule has 1 fully saturated rings. The highest BCUT2D eigenvalue weighted by Crippen LogP contribution is 2.59. The monoisotopic (exact) mass is 253 g/mol.